The van der Waals surface area contributed by atoms with Crippen LogP contribution in [0.1, 0.15) is 26.2 Å². The highest BCUT2D eigenvalue weighted by Gasteiger charge is 2.42. The van der Waals surface area contributed by atoms with E-state index in [9.17, 15) is 18.3 Å². The van der Waals surface area contributed by atoms with Gasteiger partial charge in [0.05, 0.1) is 0 Å². The summed E-state index contributed by atoms with van der Waals surface area (Å²) in [4.78, 5) is 13.4. The third-order valence-electron chi connectivity index (χ3n) is 4.10. The molecule has 0 saturated carbocycles. The molecule has 0 spiro atoms. The zero-order valence-electron chi connectivity index (χ0n) is 12.0. The van der Waals surface area contributed by atoms with E-state index >= 15 is 0 Å². The van der Waals surface area contributed by atoms with Crippen molar-refractivity contribution in [2.24, 2.45) is 0 Å². The van der Waals surface area contributed by atoms with Gasteiger partial charge in [-0.2, -0.15) is 17.0 Å². The fraction of sp³-hybridized carbons (Fsp3) is 0.917. The van der Waals surface area contributed by atoms with E-state index in [0.29, 0.717) is 32.6 Å². The van der Waals surface area contributed by atoms with Crippen LogP contribution in [0.5, 0.6) is 0 Å². The second-order valence-corrected chi connectivity index (χ2v) is 7.52. The van der Waals surface area contributed by atoms with Crippen LogP contribution in [-0.4, -0.2) is 78.3 Å². The fourth-order valence-electron chi connectivity index (χ4n) is 3.03. The van der Waals surface area contributed by atoms with Gasteiger partial charge in [-0.1, -0.05) is 0 Å². The van der Waals surface area contributed by atoms with Gasteiger partial charge in [-0.25, -0.2) is 0 Å². The van der Waals surface area contributed by atoms with Crippen LogP contribution in [0.3, 0.4) is 0 Å². The lowest BCUT2D eigenvalue weighted by Crippen LogP contribution is -2.59. The minimum atomic E-state index is -3.69. The van der Waals surface area contributed by atoms with Crippen molar-refractivity contribution in [2.45, 2.75) is 38.3 Å². The van der Waals surface area contributed by atoms with Crippen molar-refractivity contribution in [3.05, 3.63) is 0 Å². The Balaban J connectivity index is 2.22. The molecule has 0 aromatic rings. The van der Waals surface area contributed by atoms with Crippen LogP contribution in [0.4, 0.5) is 0 Å². The summed E-state index contributed by atoms with van der Waals surface area (Å²) in [6, 6.07) is -1.05. The first-order valence-electron chi connectivity index (χ1n) is 7.04. The summed E-state index contributed by atoms with van der Waals surface area (Å²) in [5.41, 5.74) is 0. The van der Waals surface area contributed by atoms with Crippen molar-refractivity contribution in [2.75, 3.05) is 33.2 Å². The Morgan fingerprint density at radius 1 is 1.15 bits per heavy atom. The SMILES string of the molecule is CC1CN(C)CCN1S(=O)(=O)N1CCCCC1C(=O)O. The predicted octanol–water partition coefficient (Wildman–Crippen LogP) is -0.194. The summed E-state index contributed by atoms with van der Waals surface area (Å²) in [6.07, 6.45) is 1.89. The Labute approximate surface area is 120 Å². The van der Waals surface area contributed by atoms with Crippen LogP contribution in [0, 0.1) is 0 Å². The number of carbonyl (C=O) groups is 1. The zero-order valence-corrected chi connectivity index (χ0v) is 12.8. The molecule has 2 unspecified atom stereocenters. The Kier molecular flexibility index (Phi) is 4.68. The van der Waals surface area contributed by atoms with E-state index in [2.05, 4.69) is 4.90 Å². The standard InChI is InChI=1S/C12H23N3O4S/c1-10-9-13(2)7-8-14(10)20(18,19)15-6-4-3-5-11(15)12(16)17/h10-11H,3-9H2,1-2H3,(H,16,17). The lowest BCUT2D eigenvalue weighted by Gasteiger charge is -2.42. The van der Waals surface area contributed by atoms with Crippen LogP contribution >= 0.6 is 0 Å². The molecule has 2 fully saturated rings. The van der Waals surface area contributed by atoms with Gasteiger partial charge in [0.1, 0.15) is 6.04 Å². The largest absolute Gasteiger partial charge is 0.480 e. The number of piperidine rings is 1. The van der Waals surface area contributed by atoms with Gasteiger partial charge < -0.3 is 10.0 Å². The molecule has 0 radical (unpaired) electrons. The number of carboxylic acids is 1. The summed E-state index contributed by atoms with van der Waals surface area (Å²) >= 11 is 0. The number of nitrogens with zero attached hydrogens (tertiary/aromatic N) is 3. The van der Waals surface area contributed by atoms with Crippen molar-refractivity contribution in [1.82, 2.24) is 13.5 Å². The molecule has 2 heterocycles. The van der Waals surface area contributed by atoms with Gasteiger partial charge in [0, 0.05) is 32.2 Å². The first-order chi connectivity index (χ1) is 9.34. The number of carboxylic acid groups (broad SMARTS) is 1. The molecule has 116 valence electrons. The number of rotatable bonds is 3. The maximum absolute atomic E-state index is 12.7. The Bertz CT molecular complexity index is 467. The van der Waals surface area contributed by atoms with Crippen LogP contribution in [0.15, 0.2) is 0 Å². The van der Waals surface area contributed by atoms with Crippen molar-refractivity contribution in [3.8, 4) is 0 Å². The van der Waals surface area contributed by atoms with Gasteiger partial charge in [-0.15, -0.1) is 0 Å². The van der Waals surface area contributed by atoms with Gasteiger partial charge in [-0.3, -0.25) is 4.79 Å². The molecule has 1 N–H and O–H groups in total. The molecule has 7 nitrogen and oxygen atoms in total. The molecule has 0 aromatic heterocycles. The van der Waals surface area contributed by atoms with Crippen molar-refractivity contribution in [1.29, 1.82) is 0 Å². The van der Waals surface area contributed by atoms with Gasteiger partial charge in [0.2, 0.25) is 0 Å². The van der Waals surface area contributed by atoms with E-state index in [-0.39, 0.29) is 6.04 Å². The summed E-state index contributed by atoms with van der Waals surface area (Å²) in [5, 5.41) is 9.25. The molecular formula is C12H23N3O4S. The summed E-state index contributed by atoms with van der Waals surface area (Å²) in [5.74, 6) is -1.05. The van der Waals surface area contributed by atoms with E-state index in [0.717, 1.165) is 12.8 Å². The Hall–Kier alpha value is -0.700. The van der Waals surface area contributed by atoms with E-state index < -0.39 is 22.2 Å². The lowest BCUT2D eigenvalue weighted by molar-refractivity contribution is -0.142. The maximum Gasteiger partial charge on any atom is 0.322 e. The van der Waals surface area contributed by atoms with Gasteiger partial charge in [-0.05, 0) is 33.2 Å². The smallest absolute Gasteiger partial charge is 0.322 e. The molecule has 2 aliphatic heterocycles. The highest BCUT2D eigenvalue weighted by atomic mass is 32.2. The van der Waals surface area contributed by atoms with Crippen molar-refractivity contribution < 1.29 is 18.3 Å². The molecule has 20 heavy (non-hydrogen) atoms. The third-order valence-corrected chi connectivity index (χ3v) is 6.27. The predicted molar refractivity (Wildman–Crippen MR) is 74.6 cm³/mol. The first-order valence-corrected chi connectivity index (χ1v) is 8.43. The molecule has 2 saturated heterocycles. The van der Waals surface area contributed by atoms with Gasteiger partial charge >= 0.3 is 5.97 Å². The molecule has 2 rings (SSSR count). The molecule has 8 heteroatoms. The summed E-state index contributed by atoms with van der Waals surface area (Å²) in [7, 11) is -1.73. The van der Waals surface area contributed by atoms with E-state index in [4.69, 9.17) is 0 Å². The van der Waals surface area contributed by atoms with Gasteiger partial charge in [0.15, 0.2) is 0 Å². The van der Waals surface area contributed by atoms with Crippen LogP contribution in [-0.2, 0) is 15.0 Å². The molecule has 0 amide bonds. The number of piperazine rings is 1. The summed E-state index contributed by atoms with van der Waals surface area (Å²) in [6.45, 7) is 3.94. The van der Waals surface area contributed by atoms with Crippen molar-refractivity contribution >= 4 is 16.2 Å². The average molecular weight is 305 g/mol. The molecule has 0 aromatic carbocycles. The zero-order chi connectivity index (χ0) is 14.9. The van der Waals surface area contributed by atoms with Crippen LogP contribution in [0.2, 0.25) is 0 Å². The van der Waals surface area contributed by atoms with Gasteiger partial charge in [0.25, 0.3) is 10.2 Å². The second-order valence-electron chi connectivity index (χ2n) is 5.69. The molecule has 2 aliphatic rings. The van der Waals surface area contributed by atoms with E-state index in [1.807, 2.05) is 14.0 Å². The minimum absolute atomic E-state index is 0.130. The highest BCUT2D eigenvalue weighted by molar-refractivity contribution is 7.86. The van der Waals surface area contributed by atoms with Crippen LogP contribution < -0.4 is 0 Å². The first kappa shape index (κ1) is 15.7. The number of aliphatic carboxylic acids is 1. The normalized spacial score (nSPS) is 31.3. The Morgan fingerprint density at radius 2 is 1.85 bits per heavy atom. The fourth-order valence-corrected chi connectivity index (χ4v) is 5.01. The van der Waals surface area contributed by atoms with Crippen molar-refractivity contribution in [3.63, 3.8) is 0 Å². The topological polar surface area (TPSA) is 81.2 Å². The maximum atomic E-state index is 12.7. The molecule has 0 aliphatic carbocycles. The highest BCUT2D eigenvalue weighted by Crippen LogP contribution is 2.25. The molecule has 0 bridgehead atoms. The van der Waals surface area contributed by atoms with E-state index in [1.165, 1.54) is 8.61 Å². The van der Waals surface area contributed by atoms with Crippen LogP contribution in [0.25, 0.3) is 0 Å². The number of hydrogen-bond donors (Lipinski definition) is 1. The third kappa shape index (κ3) is 2.98. The van der Waals surface area contributed by atoms with E-state index in [1.54, 1.807) is 0 Å². The summed E-state index contributed by atoms with van der Waals surface area (Å²) < 4.78 is 28.1. The minimum Gasteiger partial charge on any atom is -0.480 e. The average Bonchev–Trinajstić information content (AvgIpc) is 2.38. The second kappa shape index (κ2) is 5.97. The monoisotopic (exact) mass is 305 g/mol. The number of likely N-dealkylation sites (N-methyl/N-ethyl adjacent to an activating group) is 1. The number of hydrogen-bond acceptors (Lipinski definition) is 4. The Morgan fingerprint density at radius 3 is 2.45 bits per heavy atom. The quantitative estimate of drug-likeness (QED) is 0.781. The lowest BCUT2D eigenvalue weighted by atomic mass is 10.1. The molecular weight excluding hydrogens is 282 g/mol. The molecule has 2 atom stereocenters.